The minimum atomic E-state index is -0.873. The second-order valence-corrected chi connectivity index (χ2v) is 6.96. The van der Waals surface area contributed by atoms with E-state index in [0.29, 0.717) is 23.7 Å². The quantitative estimate of drug-likeness (QED) is 0.507. The molecule has 0 unspecified atom stereocenters. The maximum absolute atomic E-state index is 13.0. The first kappa shape index (κ1) is 21.4. The van der Waals surface area contributed by atoms with Crippen molar-refractivity contribution < 1.29 is 28.5 Å². The Balaban J connectivity index is 2.02. The standard InChI is InChI=1S/C24H26O6/c1-5-30-24(26)23-19(15-6-9-18(27-2)10-7-15)12-17(13-20(23)25)16-8-11-21(28-3)22(14-16)29-4/h6-11,13-14,19,23H,5,12H2,1-4H3/t19-,23+/m1/s1. The van der Waals surface area contributed by atoms with E-state index in [2.05, 4.69) is 0 Å². The third kappa shape index (κ3) is 4.32. The van der Waals surface area contributed by atoms with E-state index < -0.39 is 11.9 Å². The number of rotatable bonds is 7. The first-order valence-corrected chi connectivity index (χ1v) is 9.79. The molecule has 0 saturated heterocycles. The molecule has 0 N–H and O–H groups in total. The van der Waals surface area contributed by atoms with E-state index in [0.717, 1.165) is 16.7 Å². The molecule has 0 aliphatic heterocycles. The Morgan fingerprint density at radius 1 is 0.967 bits per heavy atom. The molecule has 3 rings (SSSR count). The van der Waals surface area contributed by atoms with Crippen molar-refractivity contribution in [1.82, 2.24) is 0 Å². The number of carbonyl (C=O) groups excluding carboxylic acids is 2. The van der Waals surface area contributed by atoms with E-state index >= 15 is 0 Å². The molecule has 2 aromatic carbocycles. The SMILES string of the molecule is CCOC(=O)[C@@H]1C(=O)C=C(c2ccc(OC)c(OC)c2)C[C@@H]1c1ccc(OC)cc1. The van der Waals surface area contributed by atoms with Gasteiger partial charge in [0.05, 0.1) is 27.9 Å². The number of esters is 1. The molecule has 2 atom stereocenters. The van der Waals surface area contributed by atoms with Crippen LogP contribution in [0.2, 0.25) is 0 Å². The lowest BCUT2D eigenvalue weighted by atomic mass is 9.73. The predicted molar refractivity (Wildman–Crippen MR) is 113 cm³/mol. The van der Waals surface area contributed by atoms with Gasteiger partial charge in [0.2, 0.25) is 0 Å². The van der Waals surface area contributed by atoms with E-state index in [1.165, 1.54) is 0 Å². The highest BCUT2D eigenvalue weighted by Gasteiger charge is 2.39. The third-order valence-corrected chi connectivity index (χ3v) is 5.30. The Hall–Kier alpha value is -3.28. The molecule has 6 heteroatoms. The van der Waals surface area contributed by atoms with Crippen LogP contribution < -0.4 is 14.2 Å². The van der Waals surface area contributed by atoms with Crippen molar-refractivity contribution in [3.05, 3.63) is 59.7 Å². The summed E-state index contributed by atoms with van der Waals surface area (Å²) in [4.78, 5) is 25.6. The number of benzene rings is 2. The topological polar surface area (TPSA) is 71.1 Å². The van der Waals surface area contributed by atoms with E-state index in [1.807, 2.05) is 36.4 Å². The van der Waals surface area contributed by atoms with Crippen LogP contribution in [0.1, 0.15) is 30.4 Å². The Kier molecular flexibility index (Phi) is 6.77. The minimum Gasteiger partial charge on any atom is -0.497 e. The molecule has 6 nitrogen and oxygen atoms in total. The summed E-state index contributed by atoms with van der Waals surface area (Å²) in [5.74, 6) is -0.0600. The highest BCUT2D eigenvalue weighted by molar-refractivity contribution is 6.10. The van der Waals surface area contributed by atoms with Gasteiger partial charge >= 0.3 is 5.97 Å². The molecule has 0 fully saturated rings. The molecule has 1 aliphatic rings. The molecule has 0 aromatic heterocycles. The van der Waals surface area contributed by atoms with Crippen molar-refractivity contribution in [3.63, 3.8) is 0 Å². The average molecular weight is 410 g/mol. The van der Waals surface area contributed by atoms with Crippen LogP contribution in [0.5, 0.6) is 17.2 Å². The first-order chi connectivity index (χ1) is 14.5. The van der Waals surface area contributed by atoms with Crippen molar-refractivity contribution in [2.75, 3.05) is 27.9 Å². The van der Waals surface area contributed by atoms with Crippen LogP contribution in [0.4, 0.5) is 0 Å². The summed E-state index contributed by atoms with van der Waals surface area (Å²) < 4.78 is 21.1. The number of hydrogen-bond acceptors (Lipinski definition) is 6. The second-order valence-electron chi connectivity index (χ2n) is 6.96. The maximum atomic E-state index is 13.0. The first-order valence-electron chi connectivity index (χ1n) is 9.79. The van der Waals surface area contributed by atoms with Gasteiger partial charge < -0.3 is 18.9 Å². The van der Waals surface area contributed by atoms with Crippen LogP contribution in [0.15, 0.2) is 48.5 Å². The molecule has 2 aromatic rings. The Bertz CT molecular complexity index is 945. The lowest BCUT2D eigenvalue weighted by Gasteiger charge is -2.29. The van der Waals surface area contributed by atoms with E-state index in [4.69, 9.17) is 18.9 Å². The molecular weight excluding hydrogens is 384 g/mol. The molecule has 0 spiro atoms. The second kappa shape index (κ2) is 9.48. The molecule has 0 bridgehead atoms. The van der Waals surface area contributed by atoms with Gasteiger partial charge in [-0.15, -0.1) is 0 Å². The number of hydrogen-bond donors (Lipinski definition) is 0. The van der Waals surface area contributed by atoms with E-state index in [9.17, 15) is 9.59 Å². The Labute approximate surface area is 176 Å². The fraction of sp³-hybridized carbons (Fsp3) is 0.333. The van der Waals surface area contributed by atoms with Gasteiger partial charge in [-0.1, -0.05) is 18.2 Å². The number of ether oxygens (including phenoxy) is 4. The molecule has 1 aliphatic carbocycles. The van der Waals surface area contributed by atoms with Crippen LogP contribution in [0, 0.1) is 5.92 Å². The maximum Gasteiger partial charge on any atom is 0.317 e. The molecule has 0 saturated carbocycles. The summed E-state index contributed by atoms with van der Waals surface area (Å²) in [5.41, 5.74) is 2.57. The van der Waals surface area contributed by atoms with Crippen molar-refractivity contribution in [2.45, 2.75) is 19.3 Å². The fourth-order valence-electron chi connectivity index (χ4n) is 3.78. The molecular formula is C24H26O6. The number of ketones is 1. The summed E-state index contributed by atoms with van der Waals surface area (Å²) in [6, 6.07) is 13.0. The summed E-state index contributed by atoms with van der Waals surface area (Å²) >= 11 is 0. The van der Waals surface area contributed by atoms with Crippen molar-refractivity contribution in [1.29, 1.82) is 0 Å². The zero-order valence-corrected chi connectivity index (χ0v) is 17.6. The summed E-state index contributed by atoms with van der Waals surface area (Å²) in [7, 11) is 4.74. The normalized spacial score (nSPS) is 18.4. The van der Waals surface area contributed by atoms with Crippen LogP contribution in [0.3, 0.4) is 0 Å². The largest absolute Gasteiger partial charge is 0.497 e. The Morgan fingerprint density at radius 3 is 2.27 bits per heavy atom. The smallest absolute Gasteiger partial charge is 0.317 e. The van der Waals surface area contributed by atoms with Crippen molar-refractivity contribution in [2.24, 2.45) is 5.92 Å². The van der Waals surface area contributed by atoms with Gasteiger partial charge in [-0.2, -0.15) is 0 Å². The van der Waals surface area contributed by atoms with Gasteiger partial charge in [0.15, 0.2) is 17.3 Å². The summed E-state index contributed by atoms with van der Waals surface area (Å²) in [6.45, 7) is 1.96. The lowest BCUT2D eigenvalue weighted by molar-refractivity contribution is -0.151. The summed E-state index contributed by atoms with van der Waals surface area (Å²) in [5, 5.41) is 0. The third-order valence-electron chi connectivity index (χ3n) is 5.30. The van der Waals surface area contributed by atoms with Crippen LogP contribution in [0.25, 0.3) is 5.57 Å². The van der Waals surface area contributed by atoms with Crippen LogP contribution >= 0.6 is 0 Å². The number of carbonyl (C=O) groups is 2. The van der Waals surface area contributed by atoms with Gasteiger partial charge in [0.1, 0.15) is 11.7 Å². The van der Waals surface area contributed by atoms with Gasteiger partial charge in [-0.3, -0.25) is 9.59 Å². The number of methoxy groups -OCH3 is 3. The lowest BCUT2D eigenvalue weighted by Crippen LogP contribution is -2.34. The van der Waals surface area contributed by atoms with Crippen LogP contribution in [-0.2, 0) is 14.3 Å². The molecule has 0 radical (unpaired) electrons. The van der Waals surface area contributed by atoms with Gasteiger partial charge in [0, 0.05) is 5.92 Å². The highest BCUT2D eigenvalue weighted by atomic mass is 16.5. The highest BCUT2D eigenvalue weighted by Crippen LogP contribution is 2.42. The van der Waals surface area contributed by atoms with E-state index in [-0.39, 0.29) is 18.3 Å². The minimum absolute atomic E-state index is 0.226. The van der Waals surface area contributed by atoms with Crippen LogP contribution in [-0.4, -0.2) is 39.7 Å². The van der Waals surface area contributed by atoms with Crippen molar-refractivity contribution >= 4 is 17.3 Å². The van der Waals surface area contributed by atoms with E-state index in [1.54, 1.807) is 40.4 Å². The Morgan fingerprint density at radius 2 is 1.67 bits per heavy atom. The van der Waals surface area contributed by atoms with Gasteiger partial charge in [0.25, 0.3) is 0 Å². The fourth-order valence-corrected chi connectivity index (χ4v) is 3.78. The van der Waals surface area contributed by atoms with Crippen molar-refractivity contribution in [3.8, 4) is 17.2 Å². The average Bonchev–Trinajstić information content (AvgIpc) is 2.78. The zero-order chi connectivity index (χ0) is 21.7. The monoisotopic (exact) mass is 410 g/mol. The van der Waals surface area contributed by atoms with Gasteiger partial charge in [-0.05, 0) is 60.4 Å². The molecule has 30 heavy (non-hydrogen) atoms. The predicted octanol–water partition coefficient (Wildman–Crippen LogP) is 4.03. The molecule has 0 heterocycles. The molecule has 0 amide bonds. The zero-order valence-electron chi connectivity index (χ0n) is 17.6. The summed E-state index contributed by atoms with van der Waals surface area (Å²) in [6.07, 6.45) is 2.06. The molecule has 158 valence electrons. The van der Waals surface area contributed by atoms with Gasteiger partial charge in [-0.25, -0.2) is 0 Å². The number of allylic oxidation sites excluding steroid dienone is 2.